The topological polar surface area (TPSA) is 58.4 Å². The van der Waals surface area contributed by atoms with Crippen LogP contribution in [0.1, 0.15) is 18.1 Å². The molecule has 1 atom stereocenters. The summed E-state index contributed by atoms with van der Waals surface area (Å²) in [6.07, 6.45) is 1.02. The van der Waals surface area contributed by atoms with Gasteiger partial charge >= 0.3 is 0 Å². The van der Waals surface area contributed by atoms with Crippen molar-refractivity contribution < 1.29 is 4.79 Å². The number of amides is 1. The van der Waals surface area contributed by atoms with Crippen LogP contribution >= 0.6 is 0 Å². The number of carbonyl (C=O) groups is 1. The molecule has 0 saturated carbocycles. The van der Waals surface area contributed by atoms with E-state index in [1.807, 2.05) is 0 Å². The molecule has 0 aliphatic carbocycles. The zero-order valence-electron chi connectivity index (χ0n) is 10.9. The molecule has 1 aromatic carbocycles. The van der Waals surface area contributed by atoms with Gasteiger partial charge in [-0.05, 0) is 17.5 Å². The Labute approximate surface area is 108 Å². The Bertz CT molecular complexity index is 419. The molecule has 0 radical (unpaired) electrons. The van der Waals surface area contributed by atoms with Crippen LogP contribution in [0, 0.1) is 0 Å². The second-order valence-corrected chi connectivity index (χ2v) is 4.72. The first kappa shape index (κ1) is 13.1. The molecule has 0 spiro atoms. The Morgan fingerprint density at radius 2 is 2.17 bits per heavy atom. The fourth-order valence-electron chi connectivity index (χ4n) is 2.49. The van der Waals surface area contributed by atoms with Crippen molar-refractivity contribution in [2.24, 2.45) is 5.73 Å². The van der Waals surface area contributed by atoms with Crippen LogP contribution in [0.25, 0.3) is 0 Å². The molecule has 2 rings (SSSR count). The first-order valence-corrected chi connectivity index (χ1v) is 6.53. The highest BCUT2D eigenvalue weighted by Crippen LogP contribution is 2.15. The summed E-state index contributed by atoms with van der Waals surface area (Å²) < 4.78 is 0. The number of aryl methyl sites for hydroxylation is 1. The predicted octanol–water partition coefficient (Wildman–Crippen LogP) is 0.508. The summed E-state index contributed by atoms with van der Waals surface area (Å²) in [5.41, 5.74) is 8.11. The molecule has 4 heteroatoms. The van der Waals surface area contributed by atoms with Crippen molar-refractivity contribution in [2.45, 2.75) is 25.9 Å². The summed E-state index contributed by atoms with van der Waals surface area (Å²) in [7, 11) is 0. The van der Waals surface area contributed by atoms with Crippen molar-refractivity contribution in [1.82, 2.24) is 10.2 Å². The van der Waals surface area contributed by atoms with E-state index >= 15 is 0 Å². The minimum Gasteiger partial charge on any atom is -0.368 e. The van der Waals surface area contributed by atoms with Crippen molar-refractivity contribution in [3.05, 3.63) is 35.4 Å². The summed E-state index contributed by atoms with van der Waals surface area (Å²) in [5.74, 6) is -0.240. The molecule has 98 valence electrons. The molecule has 3 N–H and O–H groups in total. The third kappa shape index (κ3) is 2.89. The van der Waals surface area contributed by atoms with Gasteiger partial charge in [0.05, 0.1) is 0 Å². The monoisotopic (exact) mass is 247 g/mol. The Kier molecular flexibility index (Phi) is 4.33. The van der Waals surface area contributed by atoms with E-state index in [1.165, 1.54) is 11.1 Å². The number of hydrogen-bond acceptors (Lipinski definition) is 3. The van der Waals surface area contributed by atoms with E-state index in [4.69, 9.17) is 5.73 Å². The zero-order chi connectivity index (χ0) is 13.0. The summed E-state index contributed by atoms with van der Waals surface area (Å²) in [4.78, 5) is 13.6. The standard InChI is InChI=1S/C14H21N3O/c1-2-11-5-3-4-6-12(11)10-17-8-7-16-9-13(17)14(15)18/h3-6,13,16H,2,7-10H2,1H3,(H2,15,18). The van der Waals surface area contributed by atoms with Gasteiger partial charge in [0.25, 0.3) is 0 Å². The first-order valence-electron chi connectivity index (χ1n) is 6.53. The van der Waals surface area contributed by atoms with Crippen molar-refractivity contribution in [3.63, 3.8) is 0 Å². The van der Waals surface area contributed by atoms with Crippen LogP contribution in [0.4, 0.5) is 0 Å². The number of rotatable bonds is 4. The molecular weight excluding hydrogens is 226 g/mol. The second-order valence-electron chi connectivity index (χ2n) is 4.72. The maximum absolute atomic E-state index is 11.5. The Morgan fingerprint density at radius 3 is 2.83 bits per heavy atom. The van der Waals surface area contributed by atoms with Gasteiger partial charge < -0.3 is 11.1 Å². The molecule has 0 bridgehead atoms. The van der Waals surface area contributed by atoms with Gasteiger partial charge in [0.15, 0.2) is 0 Å². The van der Waals surface area contributed by atoms with Crippen LogP contribution in [0.15, 0.2) is 24.3 Å². The van der Waals surface area contributed by atoms with E-state index in [2.05, 4.69) is 41.4 Å². The highest BCUT2D eigenvalue weighted by atomic mass is 16.1. The van der Waals surface area contributed by atoms with E-state index < -0.39 is 0 Å². The Morgan fingerprint density at radius 1 is 1.44 bits per heavy atom. The lowest BCUT2D eigenvalue weighted by atomic mass is 10.0. The van der Waals surface area contributed by atoms with Crippen LogP contribution in [-0.2, 0) is 17.8 Å². The Balaban J connectivity index is 2.13. The number of hydrogen-bond donors (Lipinski definition) is 2. The molecule has 4 nitrogen and oxygen atoms in total. The minimum absolute atomic E-state index is 0.191. The molecule has 1 fully saturated rings. The second kappa shape index (κ2) is 5.98. The number of benzene rings is 1. The summed E-state index contributed by atoms with van der Waals surface area (Å²) in [6.45, 7) is 5.40. The summed E-state index contributed by atoms with van der Waals surface area (Å²) >= 11 is 0. The van der Waals surface area contributed by atoms with Crippen LogP contribution in [0.5, 0.6) is 0 Å². The van der Waals surface area contributed by atoms with Crippen molar-refractivity contribution in [2.75, 3.05) is 19.6 Å². The average Bonchev–Trinajstić information content (AvgIpc) is 2.40. The van der Waals surface area contributed by atoms with Crippen molar-refractivity contribution >= 4 is 5.91 Å². The van der Waals surface area contributed by atoms with Gasteiger partial charge in [0.1, 0.15) is 6.04 Å². The maximum atomic E-state index is 11.5. The van der Waals surface area contributed by atoms with Crippen molar-refractivity contribution in [1.29, 1.82) is 0 Å². The van der Waals surface area contributed by atoms with Gasteiger partial charge in [-0.3, -0.25) is 9.69 Å². The van der Waals surface area contributed by atoms with Crippen LogP contribution < -0.4 is 11.1 Å². The molecule has 1 aliphatic rings. The maximum Gasteiger partial charge on any atom is 0.236 e. The van der Waals surface area contributed by atoms with Crippen LogP contribution in [-0.4, -0.2) is 36.5 Å². The van der Waals surface area contributed by atoms with Crippen LogP contribution in [0.3, 0.4) is 0 Å². The third-order valence-corrected chi connectivity index (χ3v) is 3.56. The molecule has 1 saturated heterocycles. The van der Waals surface area contributed by atoms with E-state index in [9.17, 15) is 4.79 Å². The highest BCUT2D eigenvalue weighted by Gasteiger charge is 2.26. The SMILES string of the molecule is CCc1ccccc1CN1CCNCC1C(N)=O. The van der Waals surface area contributed by atoms with Gasteiger partial charge in [0.2, 0.25) is 5.91 Å². The molecule has 1 heterocycles. The van der Waals surface area contributed by atoms with Gasteiger partial charge in [-0.15, -0.1) is 0 Å². The largest absolute Gasteiger partial charge is 0.368 e. The number of nitrogens with zero attached hydrogens (tertiary/aromatic N) is 1. The molecule has 1 amide bonds. The summed E-state index contributed by atoms with van der Waals surface area (Å²) in [6, 6.07) is 8.21. The molecule has 1 unspecified atom stereocenters. The summed E-state index contributed by atoms with van der Waals surface area (Å²) in [5, 5.41) is 3.22. The van der Waals surface area contributed by atoms with Crippen LogP contribution in [0.2, 0.25) is 0 Å². The number of nitrogens with one attached hydrogen (secondary N) is 1. The normalized spacial score (nSPS) is 20.8. The van der Waals surface area contributed by atoms with E-state index in [1.54, 1.807) is 0 Å². The fraction of sp³-hybridized carbons (Fsp3) is 0.500. The lowest BCUT2D eigenvalue weighted by Crippen LogP contribution is -2.56. The Hall–Kier alpha value is -1.39. The van der Waals surface area contributed by atoms with E-state index in [0.29, 0.717) is 6.54 Å². The molecule has 1 aromatic rings. The molecular formula is C14H21N3O. The number of primary amides is 1. The third-order valence-electron chi connectivity index (χ3n) is 3.56. The molecule has 0 aromatic heterocycles. The van der Waals surface area contributed by atoms with Gasteiger partial charge in [-0.2, -0.15) is 0 Å². The fourth-order valence-corrected chi connectivity index (χ4v) is 2.49. The number of nitrogens with two attached hydrogens (primary N) is 1. The lowest BCUT2D eigenvalue weighted by molar-refractivity contribution is -0.124. The smallest absolute Gasteiger partial charge is 0.236 e. The van der Waals surface area contributed by atoms with Gasteiger partial charge in [-0.25, -0.2) is 0 Å². The quantitative estimate of drug-likeness (QED) is 0.815. The highest BCUT2D eigenvalue weighted by molar-refractivity contribution is 5.80. The average molecular weight is 247 g/mol. The predicted molar refractivity (Wildman–Crippen MR) is 72.1 cm³/mol. The van der Waals surface area contributed by atoms with E-state index in [-0.39, 0.29) is 11.9 Å². The van der Waals surface area contributed by atoms with Gasteiger partial charge in [-0.1, -0.05) is 31.2 Å². The van der Waals surface area contributed by atoms with E-state index in [0.717, 1.165) is 26.1 Å². The molecule has 1 aliphatic heterocycles. The number of piperazine rings is 1. The number of carbonyl (C=O) groups excluding carboxylic acids is 1. The zero-order valence-corrected chi connectivity index (χ0v) is 10.9. The minimum atomic E-state index is -0.240. The molecule has 18 heavy (non-hydrogen) atoms. The lowest BCUT2D eigenvalue weighted by Gasteiger charge is -2.34. The first-order chi connectivity index (χ1) is 8.72. The van der Waals surface area contributed by atoms with Gasteiger partial charge in [0, 0.05) is 26.2 Å². The van der Waals surface area contributed by atoms with Crippen molar-refractivity contribution in [3.8, 4) is 0 Å².